The minimum absolute atomic E-state index is 0.217. The number of hydrogen-bond donors (Lipinski definition) is 0. The van der Waals surface area contributed by atoms with E-state index in [0.717, 1.165) is 11.4 Å². The highest BCUT2D eigenvalue weighted by molar-refractivity contribution is 6.30. The number of para-hydroxylation sites is 1. The molecule has 0 aliphatic carbocycles. The predicted molar refractivity (Wildman–Crippen MR) is 111 cm³/mol. The van der Waals surface area contributed by atoms with Crippen LogP contribution >= 0.6 is 11.6 Å². The van der Waals surface area contributed by atoms with Gasteiger partial charge in [0.2, 0.25) is 5.95 Å². The number of fused-ring (bicyclic) bond motifs is 1. The number of anilines is 1. The summed E-state index contributed by atoms with van der Waals surface area (Å²) in [4.78, 5) is 20.2. The second-order valence-electron chi connectivity index (χ2n) is 6.21. The molecule has 2 heterocycles. The lowest BCUT2D eigenvalue weighted by Gasteiger charge is -2.23. The molecule has 0 saturated carbocycles. The summed E-state index contributed by atoms with van der Waals surface area (Å²) in [5, 5.41) is 8.91. The van der Waals surface area contributed by atoms with Gasteiger partial charge >= 0.3 is 0 Å². The summed E-state index contributed by atoms with van der Waals surface area (Å²) in [7, 11) is 0. The maximum atomic E-state index is 13.3. The van der Waals surface area contributed by atoms with E-state index in [1.54, 1.807) is 21.4 Å². The molecule has 0 N–H and O–H groups in total. The summed E-state index contributed by atoms with van der Waals surface area (Å²) >= 11 is 5.99. The highest BCUT2D eigenvalue weighted by Crippen LogP contribution is 2.21. The third-order valence-electron chi connectivity index (χ3n) is 4.59. The van der Waals surface area contributed by atoms with Crippen molar-refractivity contribution in [3.05, 3.63) is 70.0 Å². The lowest BCUT2D eigenvalue weighted by molar-refractivity contribution is 0.780. The molecule has 8 heteroatoms. The molecule has 4 aromatic rings. The Morgan fingerprint density at radius 1 is 0.964 bits per heavy atom. The van der Waals surface area contributed by atoms with Crippen molar-refractivity contribution in [2.45, 2.75) is 13.8 Å². The molecule has 0 amide bonds. The van der Waals surface area contributed by atoms with Gasteiger partial charge in [-0.15, -0.1) is 5.10 Å². The Morgan fingerprint density at radius 3 is 2.29 bits per heavy atom. The molecule has 0 saturated heterocycles. The molecule has 7 nitrogen and oxygen atoms in total. The Labute approximate surface area is 166 Å². The minimum atomic E-state index is -0.252. The van der Waals surface area contributed by atoms with Gasteiger partial charge in [-0.1, -0.05) is 35.0 Å². The lowest BCUT2D eigenvalue weighted by Crippen LogP contribution is -2.32. The fourth-order valence-electron chi connectivity index (χ4n) is 3.14. The van der Waals surface area contributed by atoms with Gasteiger partial charge in [0.05, 0.1) is 11.4 Å². The zero-order valence-electron chi connectivity index (χ0n) is 15.6. The Morgan fingerprint density at radius 2 is 1.64 bits per heavy atom. The monoisotopic (exact) mass is 394 g/mol. The van der Waals surface area contributed by atoms with Crippen LogP contribution in [0.5, 0.6) is 0 Å². The Bertz CT molecular complexity index is 1160. The fourth-order valence-corrected chi connectivity index (χ4v) is 3.27. The molecule has 0 fully saturated rings. The third kappa shape index (κ3) is 3.03. The van der Waals surface area contributed by atoms with Crippen LogP contribution in [0.25, 0.3) is 22.5 Å². The van der Waals surface area contributed by atoms with Gasteiger partial charge in [-0.25, -0.2) is 4.57 Å². The van der Waals surface area contributed by atoms with Gasteiger partial charge in [0.25, 0.3) is 5.56 Å². The van der Waals surface area contributed by atoms with Crippen molar-refractivity contribution in [2.24, 2.45) is 0 Å². The van der Waals surface area contributed by atoms with E-state index in [-0.39, 0.29) is 11.1 Å². The SMILES string of the molecule is CCN(CC)c1nc2c(nnn2-c2ccc(Cl)cc2)c(=O)n1-c1ccccc1. The van der Waals surface area contributed by atoms with E-state index in [0.29, 0.717) is 29.7 Å². The lowest BCUT2D eigenvalue weighted by atomic mass is 10.3. The van der Waals surface area contributed by atoms with Crippen LogP contribution in [0.2, 0.25) is 5.02 Å². The zero-order valence-corrected chi connectivity index (χ0v) is 16.3. The molecular weight excluding hydrogens is 376 g/mol. The Kier molecular flexibility index (Phi) is 4.83. The first-order valence-electron chi connectivity index (χ1n) is 9.08. The van der Waals surface area contributed by atoms with E-state index in [2.05, 4.69) is 10.3 Å². The maximum Gasteiger partial charge on any atom is 0.289 e. The number of rotatable bonds is 5. The van der Waals surface area contributed by atoms with Crippen LogP contribution in [0.3, 0.4) is 0 Å². The van der Waals surface area contributed by atoms with Crippen LogP contribution in [-0.4, -0.2) is 37.6 Å². The highest BCUT2D eigenvalue weighted by atomic mass is 35.5. The van der Waals surface area contributed by atoms with Gasteiger partial charge in [0, 0.05) is 18.1 Å². The minimum Gasteiger partial charge on any atom is -0.342 e. The third-order valence-corrected chi connectivity index (χ3v) is 4.84. The van der Waals surface area contributed by atoms with Gasteiger partial charge in [0.1, 0.15) is 0 Å². The average molecular weight is 395 g/mol. The molecule has 28 heavy (non-hydrogen) atoms. The predicted octanol–water partition coefficient (Wildman–Crippen LogP) is 3.47. The van der Waals surface area contributed by atoms with Crippen LogP contribution in [0.4, 0.5) is 5.95 Å². The first-order valence-corrected chi connectivity index (χ1v) is 9.46. The number of halogens is 1. The van der Waals surface area contributed by atoms with Crippen molar-refractivity contribution in [3.63, 3.8) is 0 Å². The van der Waals surface area contributed by atoms with Crippen molar-refractivity contribution < 1.29 is 0 Å². The number of benzene rings is 2. The molecule has 0 bridgehead atoms. The van der Waals surface area contributed by atoms with E-state index in [1.807, 2.05) is 61.2 Å². The second-order valence-corrected chi connectivity index (χ2v) is 6.65. The highest BCUT2D eigenvalue weighted by Gasteiger charge is 2.21. The van der Waals surface area contributed by atoms with E-state index in [1.165, 1.54) is 0 Å². The Hall–Kier alpha value is -3.19. The van der Waals surface area contributed by atoms with Crippen molar-refractivity contribution >= 4 is 28.7 Å². The van der Waals surface area contributed by atoms with E-state index in [4.69, 9.17) is 16.6 Å². The first kappa shape index (κ1) is 18.2. The number of hydrogen-bond acceptors (Lipinski definition) is 5. The zero-order chi connectivity index (χ0) is 19.7. The standard InChI is InChI=1S/C20H19ClN6O/c1-3-25(4-2)20-22-18-17(19(28)26(20)15-8-6-5-7-9-15)23-24-27(18)16-12-10-14(21)11-13-16/h5-13H,3-4H2,1-2H3. The van der Waals surface area contributed by atoms with Crippen molar-refractivity contribution in [3.8, 4) is 11.4 Å². The van der Waals surface area contributed by atoms with Crippen molar-refractivity contribution in [1.29, 1.82) is 0 Å². The van der Waals surface area contributed by atoms with Gasteiger partial charge in [-0.05, 0) is 50.2 Å². The largest absolute Gasteiger partial charge is 0.342 e. The molecule has 2 aromatic heterocycles. The molecule has 0 aliphatic heterocycles. The molecule has 2 aromatic carbocycles. The molecule has 0 aliphatic rings. The summed E-state index contributed by atoms with van der Waals surface area (Å²) in [6.07, 6.45) is 0. The number of nitrogens with zero attached hydrogens (tertiary/aromatic N) is 6. The maximum absolute atomic E-state index is 13.3. The number of aromatic nitrogens is 5. The van der Waals surface area contributed by atoms with Crippen LogP contribution in [0, 0.1) is 0 Å². The molecule has 4 rings (SSSR count). The summed E-state index contributed by atoms with van der Waals surface area (Å²) in [6.45, 7) is 5.49. The smallest absolute Gasteiger partial charge is 0.289 e. The van der Waals surface area contributed by atoms with Crippen LogP contribution in [0.1, 0.15) is 13.8 Å². The molecular formula is C20H19ClN6O. The van der Waals surface area contributed by atoms with E-state index in [9.17, 15) is 4.79 Å². The normalized spacial score (nSPS) is 11.1. The van der Waals surface area contributed by atoms with Crippen molar-refractivity contribution in [1.82, 2.24) is 24.5 Å². The molecule has 0 spiro atoms. The molecule has 142 valence electrons. The molecule has 0 atom stereocenters. The van der Waals surface area contributed by atoms with Gasteiger partial charge in [-0.2, -0.15) is 9.67 Å². The second kappa shape index (κ2) is 7.44. The van der Waals surface area contributed by atoms with Gasteiger partial charge < -0.3 is 4.90 Å². The fraction of sp³-hybridized carbons (Fsp3) is 0.200. The van der Waals surface area contributed by atoms with Gasteiger partial charge in [-0.3, -0.25) is 4.79 Å². The quantitative estimate of drug-likeness (QED) is 0.518. The van der Waals surface area contributed by atoms with Crippen molar-refractivity contribution in [2.75, 3.05) is 18.0 Å². The van der Waals surface area contributed by atoms with E-state index >= 15 is 0 Å². The summed E-state index contributed by atoms with van der Waals surface area (Å²) < 4.78 is 3.16. The summed E-state index contributed by atoms with van der Waals surface area (Å²) in [5.74, 6) is 0.561. The van der Waals surface area contributed by atoms with Crippen LogP contribution in [-0.2, 0) is 0 Å². The molecule has 0 radical (unpaired) electrons. The topological polar surface area (TPSA) is 68.8 Å². The summed E-state index contributed by atoms with van der Waals surface area (Å²) in [6, 6.07) is 16.6. The average Bonchev–Trinajstić information content (AvgIpc) is 3.15. The first-order chi connectivity index (χ1) is 13.6. The van der Waals surface area contributed by atoms with E-state index < -0.39 is 0 Å². The van der Waals surface area contributed by atoms with Gasteiger partial charge in [0.15, 0.2) is 11.2 Å². The molecule has 0 unspecified atom stereocenters. The van der Waals surface area contributed by atoms with Crippen LogP contribution < -0.4 is 10.5 Å². The Balaban J connectivity index is 2.03. The van der Waals surface area contributed by atoms with Crippen LogP contribution in [0.15, 0.2) is 59.4 Å². The summed E-state index contributed by atoms with van der Waals surface area (Å²) in [5.41, 5.74) is 1.86.